The van der Waals surface area contributed by atoms with Crippen molar-refractivity contribution >= 4 is 11.7 Å². The molecule has 0 spiro atoms. The molecule has 46 heavy (non-hydrogen) atoms. The van der Waals surface area contributed by atoms with E-state index in [4.69, 9.17) is 62.6 Å². The molecule has 268 valence electrons. The molecule has 0 aliphatic carbocycles. The summed E-state index contributed by atoms with van der Waals surface area (Å²) in [5.74, 6) is 0.277. The molecule has 0 radical (unpaired) electrons. The maximum Gasteiger partial charge on any atom is 0.332 e. The first-order valence-electron chi connectivity index (χ1n) is 15.8. The molecule has 2 N–H and O–H groups in total. The zero-order valence-electron chi connectivity index (χ0n) is 28.0. The highest BCUT2D eigenvalue weighted by molar-refractivity contribution is 5.71. The zero-order valence-corrected chi connectivity index (χ0v) is 28.0. The van der Waals surface area contributed by atoms with Crippen molar-refractivity contribution in [2.75, 3.05) is 144 Å². The van der Waals surface area contributed by atoms with Crippen molar-refractivity contribution in [3.63, 3.8) is 0 Å². The average Bonchev–Trinajstić information content (AvgIpc) is 3.01. The Morgan fingerprint density at radius 2 is 0.804 bits per heavy atom. The number of anilines is 1. The van der Waals surface area contributed by atoms with E-state index in [0.29, 0.717) is 144 Å². The standard InChI is InChI=1S/C32H57NO13/c1-32(2,3)46-31(34)28-44-25-24-42-21-20-40-17-16-38-13-12-36-9-8-35-10-11-37-14-15-39-18-19-41-22-23-43-26-27-45-30-7-5-4-6-29(30)33/h4-7H,8-28,33H2,1-3H3. The number of nitrogens with two attached hydrogens (primary N) is 1. The summed E-state index contributed by atoms with van der Waals surface area (Å²) in [6.45, 7) is 14.7. The fourth-order valence-electron chi connectivity index (χ4n) is 3.33. The van der Waals surface area contributed by atoms with Gasteiger partial charge in [-0.25, -0.2) is 4.79 Å². The Kier molecular flexibility index (Phi) is 27.6. The SMILES string of the molecule is CC(C)(C)OC(=O)COCCOCCOCCOCCOCCOCCOCCOCCOCCOCCOc1ccccc1N. The number of esters is 1. The van der Waals surface area contributed by atoms with E-state index in [0.717, 1.165) is 0 Å². The number of nitrogen functional groups attached to an aromatic ring is 1. The summed E-state index contributed by atoms with van der Waals surface area (Å²) in [5.41, 5.74) is 5.92. The highest BCUT2D eigenvalue weighted by atomic mass is 16.6. The molecule has 1 rings (SSSR count). The largest absolute Gasteiger partial charge is 0.489 e. The second kappa shape index (κ2) is 30.2. The fourth-order valence-corrected chi connectivity index (χ4v) is 3.33. The van der Waals surface area contributed by atoms with Gasteiger partial charge in [0.25, 0.3) is 0 Å². The molecular weight excluding hydrogens is 606 g/mol. The van der Waals surface area contributed by atoms with Crippen LogP contribution in [0.25, 0.3) is 0 Å². The summed E-state index contributed by atoms with van der Waals surface area (Å²) in [7, 11) is 0. The number of carbonyl (C=O) groups excluding carboxylic acids is 1. The van der Waals surface area contributed by atoms with Crippen LogP contribution in [0.5, 0.6) is 5.75 Å². The fraction of sp³-hybridized carbons (Fsp3) is 0.781. The van der Waals surface area contributed by atoms with Gasteiger partial charge in [-0.15, -0.1) is 0 Å². The van der Waals surface area contributed by atoms with Gasteiger partial charge < -0.3 is 62.6 Å². The van der Waals surface area contributed by atoms with Gasteiger partial charge in [0, 0.05) is 0 Å². The van der Waals surface area contributed by atoms with E-state index >= 15 is 0 Å². The molecule has 0 amide bonds. The van der Waals surface area contributed by atoms with Crippen molar-refractivity contribution in [1.82, 2.24) is 0 Å². The van der Waals surface area contributed by atoms with Crippen LogP contribution in [0.2, 0.25) is 0 Å². The molecule has 1 aromatic rings. The topological polar surface area (TPSA) is 154 Å². The highest BCUT2D eigenvalue weighted by Gasteiger charge is 2.15. The monoisotopic (exact) mass is 663 g/mol. The summed E-state index contributed by atoms with van der Waals surface area (Å²) < 4.78 is 65.0. The van der Waals surface area contributed by atoms with Crippen molar-refractivity contribution < 1.29 is 61.6 Å². The van der Waals surface area contributed by atoms with Gasteiger partial charge in [0.05, 0.1) is 131 Å². The summed E-state index contributed by atoms with van der Waals surface area (Å²) in [6, 6.07) is 7.37. The van der Waals surface area contributed by atoms with Gasteiger partial charge in [-0.1, -0.05) is 12.1 Å². The van der Waals surface area contributed by atoms with E-state index in [1.807, 2.05) is 39.0 Å². The predicted octanol–water partition coefficient (Wildman–Crippen LogP) is 2.16. The molecule has 0 fully saturated rings. The van der Waals surface area contributed by atoms with E-state index in [1.54, 1.807) is 6.07 Å². The first-order chi connectivity index (χ1) is 22.4. The molecule has 0 aliphatic rings. The molecule has 0 aliphatic heterocycles. The van der Waals surface area contributed by atoms with Crippen LogP contribution in [0.1, 0.15) is 20.8 Å². The lowest BCUT2D eigenvalue weighted by molar-refractivity contribution is -0.160. The molecule has 1 aromatic carbocycles. The van der Waals surface area contributed by atoms with Crippen LogP contribution in [-0.2, 0) is 56.9 Å². The van der Waals surface area contributed by atoms with Crippen LogP contribution in [0, 0.1) is 0 Å². The molecule has 0 saturated carbocycles. The minimum atomic E-state index is -0.512. The number of ether oxygens (including phenoxy) is 12. The lowest BCUT2D eigenvalue weighted by Gasteiger charge is -2.19. The third-order valence-corrected chi connectivity index (χ3v) is 5.39. The number of rotatable bonds is 33. The Labute approximate surface area is 274 Å². The molecule has 0 heterocycles. The van der Waals surface area contributed by atoms with E-state index in [1.165, 1.54) is 0 Å². The normalized spacial score (nSPS) is 11.6. The van der Waals surface area contributed by atoms with E-state index in [9.17, 15) is 4.79 Å². The van der Waals surface area contributed by atoms with Crippen LogP contribution in [-0.4, -0.2) is 150 Å². The molecule has 0 atom stereocenters. The lowest BCUT2D eigenvalue weighted by atomic mass is 10.2. The Bertz CT molecular complexity index is 825. The lowest BCUT2D eigenvalue weighted by Crippen LogP contribution is -2.27. The second-order valence-electron chi connectivity index (χ2n) is 10.5. The number of benzene rings is 1. The number of carbonyl (C=O) groups is 1. The summed E-state index contributed by atoms with van der Waals surface area (Å²) in [6.07, 6.45) is 0. The molecule has 14 heteroatoms. The minimum Gasteiger partial charge on any atom is -0.489 e. The van der Waals surface area contributed by atoms with Crippen molar-refractivity contribution in [3.8, 4) is 5.75 Å². The number of hydrogen-bond acceptors (Lipinski definition) is 14. The number of para-hydroxylation sites is 2. The third-order valence-electron chi connectivity index (χ3n) is 5.39. The van der Waals surface area contributed by atoms with Crippen LogP contribution in [0.3, 0.4) is 0 Å². The van der Waals surface area contributed by atoms with Crippen LogP contribution in [0.15, 0.2) is 24.3 Å². The van der Waals surface area contributed by atoms with Gasteiger partial charge in [-0.3, -0.25) is 0 Å². The van der Waals surface area contributed by atoms with Crippen molar-refractivity contribution in [2.24, 2.45) is 0 Å². The maximum atomic E-state index is 11.5. The molecule has 14 nitrogen and oxygen atoms in total. The molecular formula is C32H57NO13. The van der Waals surface area contributed by atoms with Crippen molar-refractivity contribution in [2.45, 2.75) is 26.4 Å². The summed E-state index contributed by atoms with van der Waals surface area (Å²) in [4.78, 5) is 11.5. The Hall–Kier alpha value is -2.11. The van der Waals surface area contributed by atoms with Crippen molar-refractivity contribution in [1.29, 1.82) is 0 Å². The predicted molar refractivity (Wildman–Crippen MR) is 170 cm³/mol. The third kappa shape index (κ3) is 29.3. The quantitative estimate of drug-likeness (QED) is 0.0664. The second-order valence-corrected chi connectivity index (χ2v) is 10.5. The first kappa shape index (κ1) is 41.9. The van der Waals surface area contributed by atoms with Gasteiger partial charge in [-0.2, -0.15) is 0 Å². The van der Waals surface area contributed by atoms with Crippen LogP contribution >= 0.6 is 0 Å². The highest BCUT2D eigenvalue weighted by Crippen LogP contribution is 2.19. The average molecular weight is 664 g/mol. The van der Waals surface area contributed by atoms with Gasteiger partial charge >= 0.3 is 5.97 Å². The smallest absolute Gasteiger partial charge is 0.332 e. The van der Waals surface area contributed by atoms with Crippen molar-refractivity contribution in [3.05, 3.63) is 24.3 Å². The zero-order chi connectivity index (χ0) is 33.4. The first-order valence-corrected chi connectivity index (χ1v) is 15.8. The molecule has 0 aromatic heterocycles. The Balaban J connectivity index is 1.65. The molecule has 0 unspecified atom stereocenters. The maximum absolute atomic E-state index is 11.5. The van der Waals surface area contributed by atoms with E-state index in [2.05, 4.69) is 0 Å². The van der Waals surface area contributed by atoms with E-state index in [-0.39, 0.29) is 12.6 Å². The van der Waals surface area contributed by atoms with Gasteiger partial charge in [0.1, 0.15) is 24.6 Å². The Morgan fingerprint density at radius 1 is 0.500 bits per heavy atom. The number of hydrogen-bond donors (Lipinski definition) is 1. The van der Waals surface area contributed by atoms with Crippen LogP contribution in [0.4, 0.5) is 5.69 Å². The molecule has 0 saturated heterocycles. The van der Waals surface area contributed by atoms with Gasteiger partial charge in [-0.05, 0) is 32.9 Å². The van der Waals surface area contributed by atoms with Crippen LogP contribution < -0.4 is 10.5 Å². The van der Waals surface area contributed by atoms with E-state index < -0.39 is 5.60 Å². The van der Waals surface area contributed by atoms with Gasteiger partial charge in [0.15, 0.2) is 0 Å². The molecule has 0 bridgehead atoms. The summed E-state index contributed by atoms with van der Waals surface area (Å²) in [5, 5.41) is 0. The minimum absolute atomic E-state index is 0.0843. The Morgan fingerprint density at radius 3 is 1.13 bits per heavy atom. The summed E-state index contributed by atoms with van der Waals surface area (Å²) >= 11 is 0. The van der Waals surface area contributed by atoms with Gasteiger partial charge in [0.2, 0.25) is 0 Å².